The number of rotatable bonds is 5. The second-order valence-corrected chi connectivity index (χ2v) is 9.41. The van der Waals surface area contributed by atoms with E-state index in [-0.39, 0.29) is 11.5 Å². The lowest BCUT2D eigenvalue weighted by atomic mass is 9.93. The first-order valence-electron chi connectivity index (χ1n) is 10.7. The average Bonchev–Trinajstić information content (AvgIpc) is 2.75. The molecule has 0 aliphatic carbocycles. The predicted molar refractivity (Wildman–Crippen MR) is 119 cm³/mol. The number of imide groups is 1. The highest BCUT2D eigenvalue weighted by atomic mass is 16.6. The second kappa shape index (κ2) is 9.20. The number of nitrogens with zero attached hydrogens (tertiary/aromatic N) is 2. The molecule has 0 spiro atoms. The molecule has 1 saturated heterocycles. The van der Waals surface area contributed by atoms with Crippen LogP contribution in [0.25, 0.3) is 0 Å². The normalized spacial score (nSPS) is 22.0. The van der Waals surface area contributed by atoms with E-state index in [1.165, 1.54) is 0 Å². The Bertz CT molecular complexity index is 895. The molecule has 166 valence electrons. The van der Waals surface area contributed by atoms with E-state index in [0.717, 1.165) is 10.6 Å². The van der Waals surface area contributed by atoms with E-state index >= 15 is 0 Å². The van der Waals surface area contributed by atoms with Gasteiger partial charge in [-0.2, -0.15) is 5.01 Å². The molecule has 2 aromatic carbocycles. The van der Waals surface area contributed by atoms with Crippen LogP contribution >= 0.6 is 0 Å². The summed E-state index contributed by atoms with van der Waals surface area (Å²) in [6, 6.07) is 18.3. The molecule has 0 saturated carbocycles. The summed E-state index contributed by atoms with van der Waals surface area (Å²) in [7, 11) is 0. The number of aliphatic hydroxyl groups is 1. The van der Waals surface area contributed by atoms with Crippen LogP contribution in [0.3, 0.4) is 0 Å². The van der Waals surface area contributed by atoms with Crippen LogP contribution in [0.5, 0.6) is 0 Å². The molecule has 1 heterocycles. The number of carbonyl (C=O) groups is 2. The van der Waals surface area contributed by atoms with Gasteiger partial charge in [0.25, 0.3) is 5.91 Å². The maximum atomic E-state index is 13.4. The lowest BCUT2D eigenvalue weighted by Crippen LogP contribution is -2.62. The van der Waals surface area contributed by atoms with E-state index in [4.69, 9.17) is 4.74 Å². The van der Waals surface area contributed by atoms with Crippen molar-refractivity contribution in [2.45, 2.75) is 52.9 Å². The molecule has 3 rings (SSSR count). The van der Waals surface area contributed by atoms with Crippen molar-refractivity contribution in [1.82, 2.24) is 10.0 Å². The number of benzene rings is 2. The summed E-state index contributed by atoms with van der Waals surface area (Å²) in [5, 5.41) is 13.7. The Balaban J connectivity index is 1.91. The minimum absolute atomic E-state index is 0.174. The number of amides is 2. The Hall–Kier alpha value is -2.70. The van der Waals surface area contributed by atoms with Gasteiger partial charge >= 0.3 is 6.09 Å². The zero-order valence-electron chi connectivity index (χ0n) is 18.9. The number of hydrogen-bond donors (Lipinski definition) is 1. The Morgan fingerprint density at radius 2 is 1.61 bits per heavy atom. The monoisotopic (exact) mass is 424 g/mol. The van der Waals surface area contributed by atoms with Gasteiger partial charge in [-0.3, -0.25) is 4.79 Å². The molecule has 0 aromatic heterocycles. The van der Waals surface area contributed by atoms with Crippen molar-refractivity contribution >= 4 is 12.0 Å². The molecule has 0 unspecified atom stereocenters. The van der Waals surface area contributed by atoms with Gasteiger partial charge in [-0.05, 0) is 23.5 Å². The van der Waals surface area contributed by atoms with Crippen molar-refractivity contribution < 1.29 is 19.4 Å². The van der Waals surface area contributed by atoms with Gasteiger partial charge in [0.2, 0.25) is 0 Å². The number of carbonyl (C=O) groups excluding carboxylic acids is 2. The fraction of sp³-hybridized carbons (Fsp3) is 0.440. The van der Waals surface area contributed by atoms with Crippen LogP contribution in [-0.4, -0.2) is 39.7 Å². The van der Waals surface area contributed by atoms with E-state index < -0.39 is 30.1 Å². The third kappa shape index (κ3) is 5.14. The van der Waals surface area contributed by atoms with Crippen molar-refractivity contribution in [3.63, 3.8) is 0 Å². The molecule has 1 N–H and O–H groups in total. The second-order valence-electron chi connectivity index (χ2n) is 9.41. The molecule has 1 fully saturated rings. The van der Waals surface area contributed by atoms with Crippen LogP contribution in [0.1, 0.15) is 58.0 Å². The molecule has 2 amide bonds. The first kappa shape index (κ1) is 23.0. The lowest BCUT2D eigenvalue weighted by molar-refractivity contribution is -0.178. The Morgan fingerprint density at radius 3 is 2.16 bits per heavy atom. The van der Waals surface area contributed by atoms with Crippen molar-refractivity contribution in [3.05, 3.63) is 71.8 Å². The molecule has 31 heavy (non-hydrogen) atoms. The zero-order valence-corrected chi connectivity index (χ0v) is 18.9. The first-order valence-corrected chi connectivity index (χ1v) is 10.7. The Morgan fingerprint density at radius 1 is 1.06 bits per heavy atom. The number of hydrogen-bond acceptors (Lipinski definition) is 5. The molecule has 6 nitrogen and oxygen atoms in total. The van der Waals surface area contributed by atoms with Crippen LogP contribution in [0, 0.1) is 11.3 Å². The van der Waals surface area contributed by atoms with Crippen LogP contribution in [-0.2, 0) is 9.53 Å². The van der Waals surface area contributed by atoms with Crippen molar-refractivity contribution in [2.24, 2.45) is 11.3 Å². The smallest absolute Gasteiger partial charge is 0.432 e. The molecule has 1 aliphatic heterocycles. The number of ether oxygens (including phenoxy) is 1. The Kier molecular flexibility index (Phi) is 6.82. The molecule has 1 aliphatic rings. The van der Waals surface area contributed by atoms with E-state index in [0.29, 0.717) is 12.1 Å². The molecule has 4 atom stereocenters. The summed E-state index contributed by atoms with van der Waals surface area (Å²) >= 11 is 0. The minimum atomic E-state index is -1.03. The maximum absolute atomic E-state index is 13.4. The largest absolute Gasteiger partial charge is 0.438 e. The topological polar surface area (TPSA) is 70.1 Å². The van der Waals surface area contributed by atoms with Crippen LogP contribution in [0.4, 0.5) is 4.79 Å². The fourth-order valence-corrected chi connectivity index (χ4v) is 3.87. The van der Waals surface area contributed by atoms with E-state index in [9.17, 15) is 14.7 Å². The van der Waals surface area contributed by atoms with Gasteiger partial charge in [0.1, 0.15) is 6.10 Å². The molecule has 6 heteroatoms. The van der Waals surface area contributed by atoms with Crippen molar-refractivity contribution in [3.8, 4) is 0 Å². The Labute approximate surface area is 184 Å². The minimum Gasteiger partial charge on any atom is -0.438 e. The van der Waals surface area contributed by atoms with Gasteiger partial charge in [-0.1, -0.05) is 88.4 Å². The third-order valence-corrected chi connectivity index (χ3v) is 5.54. The number of aliphatic hydroxyl groups excluding tert-OH is 1. The molecular formula is C25H32N2O4. The van der Waals surface area contributed by atoms with Crippen molar-refractivity contribution in [2.75, 3.05) is 6.54 Å². The van der Waals surface area contributed by atoms with Gasteiger partial charge < -0.3 is 9.84 Å². The maximum Gasteiger partial charge on any atom is 0.432 e. The summed E-state index contributed by atoms with van der Waals surface area (Å²) in [5.74, 6) is -1.30. The summed E-state index contributed by atoms with van der Waals surface area (Å²) in [6.07, 6.45) is -2.23. The van der Waals surface area contributed by atoms with Gasteiger partial charge in [0, 0.05) is 6.54 Å². The molecule has 0 bridgehead atoms. The third-order valence-electron chi connectivity index (χ3n) is 5.54. The van der Waals surface area contributed by atoms with Gasteiger partial charge in [-0.25, -0.2) is 9.80 Å². The standard InChI is InChI=1S/C25H32N2O4/c1-17(21(28)19-12-8-6-9-13-19)23(29)27-24(30)31-22(20-14-10-7-11-15-20)18(2)26(27)16-25(3,4)5/h6-15,17-18,21-22,28H,16H2,1-5H3/t17-,18-,21-,22-/m0/s1. The summed E-state index contributed by atoms with van der Waals surface area (Å²) < 4.78 is 5.74. The number of hydrazine groups is 1. The summed E-state index contributed by atoms with van der Waals surface area (Å²) in [6.45, 7) is 10.2. The van der Waals surface area contributed by atoms with E-state index in [1.54, 1.807) is 24.1 Å². The highest BCUT2D eigenvalue weighted by Gasteiger charge is 2.46. The van der Waals surface area contributed by atoms with Crippen LogP contribution in [0.15, 0.2) is 60.7 Å². The quantitative estimate of drug-likeness (QED) is 0.752. The summed E-state index contributed by atoms with van der Waals surface area (Å²) in [5.41, 5.74) is 1.34. The SMILES string of the molecule is C[C@H](C(=O)N1C(=O)O[C@H](c2ccccc2)[C@H](C)N1CC(C)(C)C)[C@H](O)c1ccccc1. The van der Waals surface area contributed by atoms with Crippen molar-refractivity contribution in [1.29, 1.82) is 0 Å². The van der Waals surface area contributed by atoms with E-state index in [2.05, 4.69) is 20.8 Å². The summed E-state index contributed by atoms with van der Waals surface area (Å²) in [4.78, 5) is 26.5. The predicted octanol–water partition coefficient (Wildman–Crippen LogP) is 4.73. The lowest BCUT2D eigenvalue weighted by Gasteiger charge is -2.47. The highest BCUT2D eigenvalue weighted by molar-refractivity contribution is 5.93. The molecule has 0 radical (unpaired) electrons. The number of cyclic esters (lactones) is 1. The highest BCUT2D eigenvalue weighted by Crippen LogP contribution is 2.35. The van der Waals surface area contributed by atoms with Gasteiger partial charge in [0.15, 0.2) is 0 Å². The van der Waals surface area contributed by atoms with E-state index in [1.807, 2.05) is 55.5 Å². The molecular weight excluding hydrogens is 392 g/mol. The zero-order chi connectivity index (χ0) is 22.8. The first-order chi connectivity index (χ1) is 14.6. The van der Waals surface area contributed by atoms with Crippen LogP contribution < -0.4 is 0 Å². The van der Waals surface area contributed by atoms with Gasteiger partial charge in [0.05, 0.1) is 18.1 Å². The molecule has 2 aromatic rings. The van der Waals surface area contributed by atoms with Gasteiger partial charge in [-0.15, -0.1) is 0 Å². The van der Waals surface area contributed by atoms with Crippen LogP contribution in [0.2, 0.25) is 0 Å². The fourth-order valence-electron chi connectivity index (χ4n) is 3.87. The average molecular weight is 425 g/mol.